The third-order valence-electron chi connectivity index (χ3n) is 2.91. The number of pyridine rings is 1. The largest absolute Gasteiger partial charge is 0.236 e. The first-order valence-electron chi connectivity index (χ1n) is 6.32. The van der Waals surface area contributed by atoms with Gasteiger partial charge < -0.3 is 0 Å². The second-order valence-corrected chi connectivity index (χ2v) is 6.41. The molecule has 2 aromatic heterocycles. The van der Waals surface area contributed by atoms with E-state index in [1.54, 1.807) is 11.3 Å². The van der Waals surface area contributed by atoms with Gasteiger partial charge in [-0.25, -0.2) is 9.55 Å². The SMILES string of the molecule is CCC[n+]1cc(Br)cc(-c2nc3ccccc3s2)c1. The van der Waals surface area contributed by atoms with Crippen molar-refractivity contribution in [1.29, 1.82) is 0 Å². The van der Waals surface area contributed by atoms with E-state index in [0.29, 0.717) is 0 Å². The van der Waals surface area contributed by atoms with Crippen molar-refractivity contribution in [2.75, 3.05) is 0 Å². The van der Waals surface area contributed by atoms with Gasteiger partial charge in [0.2, 0.25) is 0 Å². The Morgan fingerprint density at radius 1 is 1.26 bits per heavy atom. The van der Waals surface area contributed by atoms with Gasteiger partial charge in [-0.3, -0.25) is 0 Å². The number of benzene rings is 1. The number of rotatable bonds is 3. The lowest BCUT2D eigenvalue weighted by atomic mass is 10.3. The molecule has 0 atom stereocenters. The fraction of sp³-hybridized carbons (Fsp3) is 0.200. The van der Waals surface area contributed by atoms with Crippen LogP contribution in [0.15, 0.2) is 47.2 Å². The number of nitrogens with zero attached hydrogens (tertiary/aromatic N) is 2. The van der Waals surface area contributed by atoms with Crippen LogP contribution < -0.4 is 4.57 Å². The molecule has 2 heterocycles. The summed E-state index contributed by atoms with van der Waals surface area (Å²) in [5.74, 6) is 0. The summed E-state index contributed by atoms with van der Waals surface area (Å²) in [7, 11) is 0. The molecule has 0 bridgehead atoms. The maximum Gasteiger partial charge on any atom is 0.183 e. The smallest absolute Gasteiger partial charge is 0.183 e. The molecule has 0 amide bonds. The summed E-state index contributed by atoms with van der Waals surface area (Å²) in [5.41, 5.74) is 2.24. The maximum absolute atomic E-state index is 4.71. The second-order valence-electron chi connectivity index (χ2n) is 4.47. The van der Waals surface area contributed by atoms with E-state index in [1.165, 1.54) is 10.3 Å². The average Bonchev–Trinajstić information content (AvgIpc) is 2.82. The molecule has 96 valence electrons. The van der Waals surface area contributed by atoms with E-state index in [-0.39, 0.29) is 0 Å². The van der Waals surface area contributed by atoms with Gasteiger partial charge in [-0.15, -0.1) is 11.3 Å². The molecule has 0 radical (unpaired) electrons. The van der Waals surface area contributed by atoms with Crippen molar-refractivity contribution in [2.24, 2.45) is 0 Å². The first-order valence-corrected chi connectivity index (χ1v) is 7.93. The van der Waals surface area contributed by atoms with Crippen LogP contribution in [0.3, 0.4) is 0 Å². The Morgan fingerprint density at radius 3 is 2.89 bits per heavy atom. The topological polar surface area (TPSA) is 16.8 Å². The van der Waals surface area contributed by atoms with Crippen molar-refractivity contribution in [3.05, 3.63) is 47.2 Å². The number of fused-ring (bicyclic) bond motifs is 1. The van der Waals surface area contributed by atoms with E-state index in [2.05, 4.69) is 64.1 Å². The van der Waals surface area contributed by atoms with Crippen molar-refractivity contribution in [3.8, 4) is 10.6 Å². The van der Waals surface area contributed by atoms with Crippen LogP contribution in [0.4, 0.5) is 0 Å². The highest BCUT2D eigenvalue weighted by Gasteiger charge is 2.11. The number of hydrogen-bond acceptors (Lipinski definition) is 2. The molecule has 0 saturated heterocycles. The molecule has 0 fully saturated rings. The molecule has 0 aliphatic rings. The summed E-state index contributed by atoms with van der Waals surface area (Å²) in [6.07, 6.45) is 5.41. The first kappa shape index (κ1) is 12.8. The van der Waals surface area contributed by atoms with E-state index in [1.807, 2.05) is 6.07 Å². The summed E-state index contributed by atoms with van der Waals surface area (Å²) < 4.78 is 4.54. The molecule has 0 aliphatic carbocycles. The Bertz CT molecular complexity index is 688. The van der Waals surface area contributed by atoms with Gasteiger partial charge in [0.15, 0.2) is 12.4 Å². The summed E-state index contributed by atoms with van der Waals surface area (Å²) >= 11 is 5.32. The predicted molar refractivity (Wildman–Crippen MR) is 83.2 cm³/mol. The first-order chi connectivity index (χ1) is 9.26. The molecule has 2 nitrogen and oxygen atoms in total. The number of hydrogen-bond donors (Lipinski definition) is 0. The molecule has 3 rings (SSSR count). The highest BCUT2D eigenvalue weighted by Crippen LogP contribution is 2.30. The highest BCUT2D eigenvalue weighted by atomic mass is 79.9. The molecule has 0 N–H and O–H groups in total. The maximum atomic E-state index is 4.71. The van der Waals surface area contributed by atoms with Gasteiger partial charge in [0.05, 0.1) is 20.3 Å². The van der Waals surface area contributed by atoms with Crippen LogP contribution in [0.2, 0.25) is 0 Å². The number of halogens is 1. The summed E-state index contributed by atoms with van der Waals surface area (Å²) in [6, 6.07) is 10.4. The van der Waals surface area contributed by atoms with Crippen LogP contribution in [-0.4, -0.2) is 4.98 Å². The Hall–Kier alpha value is -1.26. The minimum atomic E-state index is 1.03. The lowest BCUT2D eigenvalue weighted by Gasteiger charge is -1.98. The highest BCUT2D eigenvalue weighted by molar-refractivity contribution is 9.10. The van der Waals surface area contributed by atoms with E-state index in [9.17, 15) is 0 Å². The summed E-state index contributed by atoms with van der Waals surface area (Å²) in [5, 5.41) is 1.08. The van der Waals surface area contributed by atoms with E-state index < -0.39 is 0 Å². The fourth-order valence-electron chi connectivity index (χ4n) is 2.10. The molecule has 19 heavy (non-hydrogen) atoms. The van der Waals surface area contributed by atoms with Crippen molar-refractivity contribution >= 4 is 37.5 Å². The predicted octanol–water partition coefficient (Wildman–Crippen LogP) is 4.42. The number of thiazole rings is 1. The third-order valence-corrected chi connectivity index (χ3v) is 4.43. The second kappa shape index (κ2) is 5.39. The Morgan fingerprint density at radius 2 is 2.11 bits per heavy atom. The van der Waals surface area contributed by atoms with Gasteiger partial charge in [-0.1, -0.05) is 19.1 Å². The van der Waals surface area contributed by atoms with Gasteiger partial charge in [-0.2, -0.15) is 0 Å². The summed E-state index contributed by atoms with van der Waals surface area (Å²) in [6.45, 7) is 3.21. The van der Waals surface area contributed by atoms with E-state index in [0.717, 1.165) is 28.0 Å². The molecular weight excluding hydrogens is 320 g/mol. The van der Waals surface area contributed by atoms with Crippen LogP contribution in [0.5, 0.6) is 0 Å². The monoisotopic (exact) mass is 333 g/mol. The van der Waals surface area contributed by atoms with Crippen molar-refractivity contribution in [2.45, 2.75) is 19.9 Å². The Balaban J connectivity index is 2.09. The minimum absolute atomic E-state index is 1.03. The molecule has 1 aromatic carbocycles. The standard InChI is InChI=1S/C15H14BrN2S/c1-2-7-18-9-11(8-12(16)10-18)15-17-13-5-3-4-6-14(13)19-15/h3-6,8-10H,2,7H2,1H3/q+1. The number of aromatic nitrogens is 2. The average molecular weight is 334 g/mol. The molecule has 0 spiro atoms. The summed E-state index contributed by atoms with van der Waals surface area (Å²) in [4.78, 5) is 4.71. The zero-order valence-electron chi connectivity index (χ0n) is 10.6. The van der Waals surface area contributed by atoms with Crippen LogP contribution in [0.1, 0.15) is 13.3 Å². The quantitative estimate of drug-likeness (QED) is 0.648. The normalized spacial score (nSPS) is 11.1. The third kappa shape index (κ3) is 2.69. The van der Waals surface area contributed by atoms with Crippen molar-refractivity contribution in [1.82, 2.24) is 4.98 Å². The number of aryl methyl sites for hydroxylation is 1. The fourth-order valence-corrected chi connectivity index (χ4v) is 3.55. The Labute approximate surface area is 124 Å². The minimum Gasteiger partial charge on any atom is -0.236 e. The molecular formula is C15H14BrN2S+. The molecule has 0 saturated carbocycles. The van der Waals surface area contributed by atoms with Gasteiger partial charge >= 0.3 is 0 Å². The zero-order chi connectivity index (χ0) is 13.2. The molecule has 4 heteroatoms. The Kier molecular flexibility index (Phi) is 3.62. The lowest BCUT2D eigenvalue weighted by Crippen LogP contribution is -2.32. The van der Waals surface area contributed by atoms with Gasteiger partial charge in [0.1, 0.15) is 11.6 Å². The van der Waals surface area contributed by atoms with Crippen LogP contribution in [0, 0.1) is 0 Å². The molecule has 0 unspecified atom stereocenters. The van der Waals surface area contributed by atoms with Gasteiger partial charge in [0.25, 0.3) is 0 Å². The van der Waals surface area contributed by atoms with Crippen molar-refractivity contribution < 1.29 is 4.57 Å². The van der Waals surface area contributed by atoms with Gasteiger partial charge in [0, 0.05) is 6.42 Å². The van der Waals surface area contributed by atoms with E-state index in [4.69, 9.17) is 4.98 Å². The van der Waals surface area contributed by atoms with Crippen LogP contribution in [0.25, 0.3) is 20.8 Å². The molecule has 3 aromatic rings. The molecule has 0 aliphatic heterocycles. The van der Waals surface area contributed by atoms with Crippen LogP contribution >= 0.6 is 27.3 Å². The van der Waals surface area contributed by atoms with Gasteiger partial charge in [-0.05, 0) is 34.1 Å². The lowest BCUT2D eigenvalue weighted by molar-refractivity contribution is -0.697. The van der Waals surface area contributed by atoms with E-state index >= 15 is 0 Å². The number of para-hydroxylation sites is 1. The van der Waals surface area contributed by atoms with Crippen LogP contribution in [-0.2, 0) is 6.54 Å². The van der Waals surface area contributed by atoms with Crippen molar-refractivity contribution in [3.63, 3.8) is 0 Å². The zero-order valence-corrected chi connectivity index (χ0v) is 13.0.